The summed E-state index contributed by atoms with van der Waals surface area (Å²) in [7, 11) is 0. The normalized spacial score (nSPS) is 22.0. The van der Waals surface area contributed by atoms with Gasteiger partial charge in [0.2, 0.25) is 0 Å². The van der Waals surface area contributed by atoms with Crippen molar-refractivity contribution in [3.8, 4) is 5.75 Å². The Balaban J connectivity index is 1.58. The Kier molecular flexibility index (Phi) is 6.82. The van der Waals surface area contributed by atoms with Gasteiger partial charge in [-0.05, 0) is 44.2 Å². The second kappa shape index (κ2) is 10.8. The van der Waals surface area contributed by atoms with Crippen molar-refractivity contribution in [3.63, 3.8) is 0 Å². The van der Waals surface area contributed by atoms with Crippen LogP contribution in [-0.2, 0) is 23.5 Å². The van der Waals surface area contributed by atoms with Crippen LogP contribution in [0.2, 0.25) is 5.02 Å². The van der Waals surface area contributed by atoms with E-state index in [0.717, 1.165) is 9.13 Å². The third kappa shape index (κ3) is 5.14. The van der Waals surface area contributed by atoms with Crippen LogP contribution in [0.1, 0.15) is 52.2 Å². The molecular weight excluding hydrogens is 553 g/mol. The van der Waals surface area contributed by atoms with Crippen molar-refractivity contribution < 1.29 is 30.5 Å². The van der Waals surface area contributed by atoms with Crippen LogP contribution in [0.3, 0.4) is 0 Å². The van der Waals surface area contributed by atoms with E-state index in [0.29, 0.717) is 17.8 Å². The van der Waals surface area contributed by atoms with Crippen LogP contribution < -0.4 is 21.2 Å². The van der Waals surface area contributed by atoms with E-state index in [2.05, 4.69) is 10.3 Å². The predicted molar refractivity (Wildman–Crippen MR) is 139 cm³/mol. The predicted octanol–water partition coefficient (Wildman–Crippen LogP) is 3.63. The van der Waals surface area contributed by atoms with Gasteiger partial charge in [-0.2, -0.15) is 0 Å². The van der Waals surface area contributed by atoms with Crippen LogP contribution in [0, 0.1) is 11.6 Å². The molecular formula is C27H26ClF3N4O5. The van der Waals surface area contributed by atoms with Gasteiger partial charge in [-0.1, -0.05) is 11.6 Å². The smallest absolute Gasteiger partial charge is 0.274 e. The van der Waals surface area contributed by atoms with Crippen LogP contribution >= 0.6 is 11.6 Å². The highest BCUT2D eigenvalue weighted by molar-refractivity contribution is 6.31. The van der Waals surface area contributed by atoms with E-state index in [1.807, 2.05) is 0 Å². The topological polar surface area (TPSA) is 108 Å². The maximum Gasteiger partial charge on any atom is 0.274 e. The average molecular weight is 581 g/mol. The number of aliphatic hydroxyl groups is 1. The summed E-state index contributed by atoms with van der Waals surface area (Å²) in [6.45, 7) is -0.174. The number of nitrogens with zero attached hydrogens (tertiary/aromatic N) is 3. The first-order chi connectivity index (χ1) is 19.7. The Bertz CT molecular complexity index is 1690. The number of pyridine rings is 3. The molecule has 2 N–H and O–H groups in total. The van der Waals surface area contributed by atoms with Crippen LogP contribution in [-0.4, -0.2) is 32.0 Å². The second-order valence-corrected chi connectivity index (χ2v) is 10.3. The lowest BCUT2D eigenvalue weighted by molar-refractivity contribution is 0.0725. The third-order valence-corrected chi connectivity index (χ3v) is 7.06. The van der Waals surface area contributed by atoms with E-state index in [4.69, 9.17) is 23.8 Å². The van der Waals surface area contributed by atoms with Gasteiger partial charge in [0.1, 0.15) is 35.0 Å². The molecule has 0 amide bonds. The molecule has 0 spiro atoms. The zero-order valence-corrected chi connectivity index (χ0v) is 22.1. The summed E-state index contributed by atoms with van der Waals surface area (Å²) < 4.78 is 73.6. The fraction of sp³-hybridized carbons (Fsp3) is 0.370. The molecule has 2 aliphatic heterocycles. The van der Waals surface area contributed by atoms with Crippen molar-refractivity contribution in [2.24, 2.45) is 0 Å². The first-order valence-corrected chi connectivity index (χ1v) is 12.6. The van der Waals surface area contributed by atoms with E-state index in [9.17, 15) is 23.5 Å². The minimum atomic E-state index is -2.98. The van der Waals surface area contributed by atoms with Gasteiger partial charge < -0.3 is 19.9 Å². The van der Waals surface area contributed by atoms with Gasteiger partial charge in [-0.3, -0.25) is 23.7 Å². The van der Waals surface area contributed by atoms with E-state index in [-0.39, 0.29) is 30.9 Å². The summed E-state index contributed by atoms with van der Waals surface area (Å²) >= 11 is 6.33. The largest absolute Gasteiger partial charge is 0.485 e. The molecule has 0 aromatic carbocycles. The standard InChI is InChI=1S/C27H26ClF3N4O5/c1-27(2,38)17-4-3-6-34(25(17)36)24-22(31)23-14(10-33-24)5-7-39-12-16-9-20(21(28)26(37)35(16)23)40-13-19-18(30)8-15(29)11-32-19/h3-4,6,8-11,22-24,33,38H,5,7,12-13H2,1-2H3/t22-,23?,24-/m0/s1/i13D2. The molecule has 0 saturated carbocycles. The first-order valence-electron chi connectivity index (χ1n) is 13.3. The fourth-order valence-corrected chi connectivity index (χ4v) is 4.96. The molecule has 0 saturated heterocycles. The van der Waals surface area contributed by atoms with E-state index in [1.165, 1.54) is 44.4 Å². The average Bonchev–Trinajstić information content (AvgIpc) is 2.88. The molecule has 0 aliphatic carbocycles. The number of fused-ring (bicyclic) bond motifs is 3. The van der Waals surface area contributed by atoms with Crippen LogP contribution in [0.4, 0.5) is 13.2 Å². The molecule has 212 valence electrons. The quantitative estimate of drug-likeness (QED) is 0.475. The van der Waals surface area contributed by atoms with Gasteiger partial charge in [0.15, 0.2) is 12.0 Å². The van der Waals surface area contributed by atoms with Crippen LogP contribution in [0.15, 0.2) is 58.0 Å². The summed E-state index contributed by atoms with van der Waals surface area (Å²) in [5.74, 6) is -2.84. The molecule has 0 fully saturated rings. The number of halogens is 4. The number of hydrogen-bond acceptors (Lipinski definition) is 7. The Morgan fingerprint density at radius 1 is 1.32 bits per heavy atom. The lowest BCUT2D eigenvalue weighted by Crippen LogP contribution is -2.49. The number of nitrogens with one attached hydrogen (secondary N) is 1. The van der Waals surface area contributed by atoms with Gasteiger partial charge in [-0.15, -0.1) is 0 Å². The van der Waals surface area contributed by atoms with E-state index < -0.39 is 69.8 Å². The number of aromatic nitrogens is 3. The zero-order valence-electron chi connectivity index (χ0n) is 23.3. The number of alkyl halides is 1. The highest BCUT2D eigenvalue weighted by Gasteiger charge is 2.41. The van der Waals surface area contributed by atoms with Crippen molar-refractivity contribution in [3.05, 3.63) is 103 Å². The van der Waals surface area contributed by atoms with Crippen molar-refractivity contribution in [1.29, 1.82) is 0 Å². The monoisotopic (exact) mass is 580 g/mol. The molecule has 3 aromatic rings. The lowest BCUT2D eigenvalue weighted by Gasteiger charge is -2.38. The maximum absolute atomic E-state index is 16.5. The number of rotatable bonds is 5. The maximum atomic E-state index is 16.5. The molecule has 0 bridgehead atoms. The molecule has 1 unspecified atom stereocenters. The van der Waals surface area contributed by atoms with Crippen LogP contribution in [0.5, 0.6) is 5.75 Å². The Morgan fingerprint density at radius 3 is 2.83 bits per heavy atom. The van der Waals surface area contributed by atoms with Gasteiger partial charge in [-0.25, -0.2) is 13.2 Å². The summed E-state index contributed by atoms with van der Waals surface area (Å²) in [6.07, 6.45) is 0.537. The SMILES string of the molecule is [2H]C([2H])(Oc1cc2n(c(=O)c1Cl)C1C(=CN[C@@H](n3cccc(C(C)(C)O)c3=O)[C@H]1F)CCOC2)c1ncc(F)cc1F. The Hall–Kier alpha value is -3.61. The molecule has 5 rings (SSSR count). The van der Waals surface area contributed by atoms with Crippen molar-refractivity contribution in [2.75, 3.05) is 6.61 Å². The van der Waals surface area contributed by atoms with E-state index in [1.54, 1.807) is 0 Å². The van der Waals surface area contributed by atoms with Gasteiger partial charge in [0, 0.05) is 23.9 Å². The Morgan fingerprint density at radius 2 is 2.10 bits per heavy atom. The lowest BCUT2D eigenvalue weighted by atomic mass is 9.93. The molecule has 13 heteroatoms. The fourth-order valence-electron chi connectivity index (χ4n) is 4.78. The molecule has 0 radical (unpaired) electrons. The molecule has 3 aromatic heterocycles. The summed E-state index contributed by atoms with van der Waals surface area (Å²) in [4.78, 5) is 30.3. The highest BCUT2D eigenvalue weighted by atomic mass is 35.5. The minimum Gasteiger partial charge on any atom is -0.485 e. The number of hydrogen-bond donors (Lipinski definition) is 2. The molecule has 40 heavy (non-hydrogen) atoms. The van der Waals surface area contributed by atoms with Gasteiger partial charge >= 0.3 is 0 Å². The van der Waals surface area contributed by atoms with Gasteiger partial charge in [0.05, 0.1) is 39.5 Å². The van der Waals surface area contributed by atoms with Crippen molar-refractivity contribution in [1.82, 2.24) is 19.4 Å². The molecule has 9 nitrogen and oxygen atoms in total. The van der Waals surface area contributed by atoms with Gasteiger partial charge in [0.25, 0.3) is 11.1 Å². The zero-order chi connectivity index (χ0) is 30.6. The number of ether oxygens (including phenoxy) is 2. The molecule has 3 atom stereocenters. The first kappa shape index (κ1) is 25.4. The minimum absolute atomic E-state index is 0.0450. The van der Waals surface area contributed by atoms with Crippen molar-refractivity contribution in [2.45, 2.75) is 57.4 Å². The summed E-state index contributed by atoms with van der Waals surface area (Å²) in [5, 5.41) is 12.7. The molecule has 2 aliphatic rings. The third-order valence-electron chi connectivity index (χ3n) is 6.71. The second-order valence-electron chi connectivity index (χ2n) is 9.89. The Labute approximate surface area is 234 Å². The van der Waals surface area contributed by atoms with E-state index >= 15 is 4.39 Å². The molecule has 5 heterocycles. The summed E-state index contributed by atoms with van der Waals surface area (Å²) in [5.41, 5.74) is -3.40. The van der Waals surface area contributed by atoms with Crippen LogP contribution in [0.25, 0.3) is 0 Å². The highest BCUT2D eigenvalue weighted by Crippen LogP contribution is 2.38. The summed E-state index contributed by atoms with van der Waals surface area (Å²) in [6, 6.07) is 3.30. The van der Waals surface area contributed by atoms with Crippen molar-refractivity contribution >= 4 is 11.6 Å².